The molecule has 0 bridgehead atoms. The molecule has 1 fully saturated rings. The van der Waals surface area contributed by atoms with Gasteiger partial charge in [0.05, 0.1) is 11.9 Å². The minimum Gasteiger partial charge on any atom is -0.378 e. The highest BCUT2D eigenvalue weighted by Gasteiger charge is 2.19. The lowest BCUT2D eigenvalue weighted by atomic mass is 10.1. The molecular formula is C14H23ClN4O. The fraction of sp³-hybridized carbons (Fsp3) is 0.714. The normalized spacial score (nSPS) is 20.1. The van der Waals surface area contributed by atoms with Crippen molar-refractivity contribution in [1.29, 1.82) is 0 Å². The van der Waals surface area contributed by atoms with E-state index in [0.29, 0.717) is 18.3 Å². The number of nitrogens with zero attached hydrogens (tertiary/aromatic N) is 3. The second kappa shape index (κ2) is 7.09. The van der Waals surface area contributed by atoms with Gasteiger partial charge in [-0.3, -0.25) is 4.79 Å². The minimum atomic E-state index is -0.200. The Labute approximate surface area is 124 Å². The van der Waals surface area contributed by atoms with E-state index < -0.39 is 0 Å². The third kappa shape index (κ3) is 3.73. The average Bonchev–Trinajstić information content (AvgIpc) is 2.43. The Balaban J connectivity index is 2.09. The summed E-state index contributed by atoms with van der Waals surface area (Å²) in [6, 6.07) is 0.332. The van der Waals surface area contributed by atoms with Crippen molar-refractivity contribution in [3.8, 4) is 0 Å². The van der Waals surface area contributed by atoms with Gasteiger partial charge in [-0.05, 0) is 32.9 Å². The maximum atomic E-state index is 12.1. The first-order chi connectivity index (χ1) is 9.61. The van der Waals surface area contributed by atoms with Crippen molar-refractivity contribution >= 4 is 17.3 Å². The van der Waals surface area contributed by atoms with Crippen LogP contribution in [0.1, 0.15) is 32.6 Å². The summed E-state index contributed by atoms with van der Waals surface area (Å²) >= 11 is 6.18. The summed E-state index contributed by atoms with van der Waals surface area (Å²) in [5, 5.41) is 7.81. The first kappa shape index (κ1) is 15.3. The van der Waals surface area contributed by atoms with Crippen LogP contribution in [0.2, 0.25) is 5.02 Å². The number of hydrogen-bond donors (Lipinski definition) is 1. The Morgan fingerprint density at radius 3 is 3.05 bits per heavy atom. The Kier molecular flexibility index (Phi) is 5.43. The number of halogens is 1. The molecule has 5 nitrogen and oxygen atoms in total. The summed E-state index contributed by atoms with van der Waals surface area (Å²) in [6.07, 6.45) is 5.89. The molecule has 2 rings (SSSR count). The molecule has 0 amide bonds. The molecule has 0 aromatic carbocycles. The van der Waals surface area contributed by atoms with Crippen molar-refractivity contribution in [3.05, 3.63) is 21.6 Å². The van der Waals surface area contributed by atoms with E-state index in [2.05, 4.69) is 29.3 Å². The lowest BCUT2D eigenvalue weighted by Gasteiger charge is -2.30. The van der Waals surface area contributed by atoms with Crippen molar-refractivity contribution in [2.45, 2.75) is 45.2 Å². The van der Waals surface area contributed by atoms with Gasteiger partial charge in [0.1, 0.15) is 5.02 Å². The van der Waals surface area contributed by atoms with Gasteiger partial charge in [0.2, 0.25) is 0 Å². The molecule has 2 heterocycles. The first-order valence-corrected chi connectivity index (χ1v) is 7.70. The quantitative estimate of drug-likeness (QED) is 0.905. The highest BCUT2D eigenvalue weighted by atomic mass is 35.5. The highest BCUT2D eigenvalue weighted by molar-refractivity contribution is 6.32. The molecule has 112 valence electrons. The summed E-state index contributed by atoms with van der Waals surface area (Å²) in [5.74, 6) is 0. The van der Waals surface area contributed by atoms with Crippen molar-refractivity contribution in [1.82, 2.24) is 14.7 Å². The van der Waals surface area contributed by atoms with Crippen LogP contribution >= 0.6 is 11.6 Å². The van der Waals surface area contributed by atoms with Crippen LogP contribution in [0, 0.1) is 0 Å². The van der Waals surface area contributed by atoms with E-state index in [1.54, 1.807) is 6.20 Å². The molecular weight excluding hydrogens is 276 g/mol. The minimum absolute atomic E-state index is 0.200. The fourth-order valence-corrected chi connectivity index (χ4v) is 2.74. The standard InChI is InChI=1S/C14H23ClN4O/c1-3-4-8-19-14(20)13(15)12(9-16-19)17-11-6-5-7-18(2)10-11/h9,11,17H,3-8,10H2,1-2H3. The van der Waals surface area contributed by atoms with E-state index in [-0.39, 0.29) is 10.6 Å². The van der Waals surface area contributed by atoms with Gasteiger partial charge >= 0.3 is 0 Å². The molecule has 1 aliphatic rings. The molecule has 1 saturated heterocycles. The largest absolute Gasteiger partial charge is 0.378 e. The number of anilines is 1. The van der Waals surface area contributed by atoms with Crippen LogP contribution in [0.4, 0.5) is 5.69 Å². The number of aromatic nitrogens is 2. The lowest BCUT2D eigenvalue weighted by molar-refractivity contribution is 0.261. The van der Waals surface area contributed by atoms with Crippen molar-refractivity contribution < 1.29 is 0 Å². The second-order valence-electron chi connectivity index (χ2n) is 5.50. The van der Waals surface area contributed by atoms with Crippen LogP contribution < -0.4 is 10.9 Å². The smallest absolute Gasteiger partial charge is 0.287 e. The molecule has 1 unspecified atom stereocenters. The zero-order valence-corrected chi connectivity index (χ0v) is 13.0. The Bertz CT molecular complexity index is 502. The summed E-state index contributed by atoms with van der Waals surface area (Å²) in [7, 11) is 2.11. The lowest BCUT2D eigenvalue weighted by Crippen LogP contribution is -2.40. The van der Waals surface area contributed by atoms with Crippen molar-refractivity contribution in [2.24, 2.45) is 0 Å². The number of hydrogen-bond acceptors (Lipinski definition) is 4. The number of likely N-dealkylation sites (tertiary alicyclic amines) is 1. The maximum Gasteiger partial charge on any atom is 0.287 e. The van der Waals surface area contributed by atoms with Crippen LogP contribution in [-0.4, -0.2) is 40.9 Å². The molecule has 1 N–H and O–H groups in total. The van der Waals surface area contributed by atoms with E-state index in [1.807, 2.05) is 0 Å². The van der Waals surface area contributed by atoms with Gasteiger partial charge in [-0.1, -0.05) is 24.9 Å². The number of rotatable bonds is 5. The Morgan fingerprint density at radius 2 is 2.35 bits per heavy atom. The molecule has 0 radical (unpaired) electrons. The third-order valence-electron chi connectivity index (χ3n) is 3.69. The highest BCUT2D eigenvalue weighted by Crippen LogP contribution is 2.19. The van der Waals surface area contributed by atoms with Crippen LogP contribution in [0.25, 0.3) is 0 Å². The van der Waals surface area contributed by atoms with Crippen LogP contribution in [-0.2, 0) is 6.54 Å². The van der Waals surface area contributed by atoms with Gasteiger partial charge in [0.15, 0.2) is 0 Å². The van der Waals surface area contributed by atoms with Gasteiger partial charge in [-0.25, -0.2) is 4.68 Å². The maximum absolute atomic E-state index is 12.1. The van der Waals surface area contributed by atoms with E-state index in [0.717, 1.165) is 38.8 Å². The summed E-state index contributed by atoms with van der Waals surface area (Å²) in [5.41, 5.74) is 0.457. The Morgan fingerprint density at radius 1 is 1.55 bits per heavy atom. The second-order valence-corrected chi connectivity index (χ2v) is 5.88. The monoisotopic (exact) mass is 298 g/mol. The molecule has 6 heteroatoms. The zero-order chi connectivity index (χ0) is 14.5. The zero-order valence-electron chi connectivity index (χ0n) is 12.2. The van der Waals surface area contributed by atoms with Gasteiger partial charge in [0, 0.05) is 19.1 Å². The van der Waals surface area contributed by atoms with E-state index in [4.69, 9.17) is 11.6 Å². The first-order valence-electron chi connectivity index (χ1n) is 7.32. The molecule has 0 saturated carbocycles. The predicted octanol–water partition coefficient (Wildman–Crippen LogP) is 2.20. The number of piperidine rings is 1. The molecule has 1 atom stereocenters. The number of likely N-dealkylation sites (N-methyl/N-ethyl adjacent to an activating group) is 1. The van der Waals surface area contributed by atoms with E-state index in [1.165, 1.54) is 4.68 Å². The molecule has 0 spiro atoms. The fourth-order valence-electron chi connectivity index (χ4n) is 2.54. The van der Waals surface area contributed by atoms with Crippen LogP contribution in [0.15, 0.2) is 11.0 Å². The Hall–Kier alpha value is -1.07. The topological polar surface area (TPSA) is 50.2 Å². The van der Waals surface area contributed by atoms with E-state index >= 15 is 0 Å². The van der Waals surface area contributed by atoms with Crippen LogP contribution in [0.3, 0.4) is 0 Å². The molecule has 1 aromatic heterocycles. The summed E-state index contributed by atoms with van der Waals surface area (Å²) in [6.45, 7) is 4.81. The molecule has 20 heavy (non-hydrogen) atoms. The SMILES string of the molecule is CCCCn1ncc(NC2CCCN(C)C2)c(Cl)c1=O. The number of aryl methyl sites for hydroxylation is 1. The summed E-state index contributed by atoms with van der Waals surface area (Å²) < 4.78 is 1.45. The van der Waals surface area contributed by atoms with Gasteiger partial charge in [-0.15, -0.1) is 0 Å². The number of unbranched alkanes of at least 4 members (excludes halogenated alkanes) is 1. The number of nitrogens with one attached hydrogen (secondary N) is 1. The third-order valence-corrected chi connectivity index (χ3v) is 4.06. The van der Waals surface area contributed by atoms with Gasteiger partial charge in [-0.2, -0.15) is 5.10 Å². The van der Waals surface area contributed by atoms with E-state index in [9.17, 15) is 4.79 Å². The molecule has 1 aromatic rings. The summed E-state index contributed by atoms with van der Waals surface area (Å²) in [4.78, 5) is 14.4. The molecule has 1 aliphatic heterocycles. The predicted molar refractivity (Wildman–Crippen MR) is 82.6 cm³/mol. The van der Waals surface area contributed by atoms with Crippen LogP contribution in [0.5, 0.6) is 0 Å². The van der Waals surface area contributed by atoms with Crippen molar-refractivity contribution in [2.75, 3.05) is 25.5 Å². The van der Waals surface area contributed by atoms with Gasteiger partial charge in [0.25, 0.3) is 5.56 Å². The van der Waals surface area contributed by atoms with Gasteiger partial charge < -0.3 is 10.2 Å². The molecule has 0 aliphatic carbocycles. The average molecular weight is 299 g/mol. The van der Waals surface area contributed by atoms with Crippen molar-refractivity contribution in [3.63, 3.8) is 0 Å².